The van der Waals surface area contributed by atoms with E-state index < -0.39 is 0 Å². The average molecular weight is 499 g/mol. The van der Waals surface area contributed by atoms with Crippen molar-refractivity contribution < 1.29 is 9.98 Å². The van der Waals surface area contributed by atoms with Crippen molar-refractivity contribution in [3.05, 3.63) is 78.7 Å². The van der Waals surface area contributed by atoms with Crippen molar-refractivity contribution in [2.45, 2.75) is 100 Å². The van der Waals surface area contributed by atoms with Gasteiger partial charge < -0.3 is 9.97 Å². The minimum absolute atomic E-state index is 0.910. The Morgan fingerprint density at radius 2 is 1.05 bits per heavy atom. The second kappa shape index (κ2) is 11.5. The van der Waals surface area contributed by atoms with Gasteiger partial charge in [-0.25, -0.2) is 9.98 Å². The largest absolute Gasteiger partial charge is 0.358 e. The van der Waals surface area contributed by atoms with Gasteiger partial charge in [0.1, 0.15) is 0 Å². The molecule has 2 aliphatic rings. The highest BCUT2D eigenvalue weighted by Gasteiger charge is 2.22. The maximum absolute atomic E-state index is 3.85. The van der Waals surface area contributed by atoms with Crippen molar-refractivity contribution in [1.82, 2.24) is 9.97 Å². The molecule has 196 valence electrons. The number of nitrogens with one attached hydrogen (secondary N) is 4. The Hall–Kier alpha value is -3.14. The van der Waals surface area contributed by atoms with Crippen LogP contribution in [0, 0.1) is 13.8 Å². The first kappa shape index (κ1) is 26.9. The van der Waals surface area contributed by atoms with Crippen LogP contribution in [0.1, 0.15) is 112 Å². The van der Waals surface area contributed by atoms with Crippen molar-refractivity contribution >= 4 is 24.6 Å². The minimum Gasteiger partial charge on any atom is -0.358 e. The molecule has 0 spiro atoms. The first-order valence-corrected chi connectivity index (χ1v) is 14.1. The summed E-state index contributed by atoms with van der Waals surface area (Å²) < 4.78 is 0. The van der Waals surface area contributed by atoms with Crippen LogP contribution in [0.2, 0.25) is 0 Å². The molecule has 4 N–H and O–H groups in total. The predicted molar refractivity (Wildman–Crippen MR) is 158 cm³/mol. The lowest BCUT2D eigenvalue weighted by molar-refractivity contribution is -0.381. The standard InChI is InChI=1S/C33H44N4/c1-9-11-13-26-24(7)30(15-28-22(5)20(3)18-34-28)36-32(26)17-33-27(14-12-10-2)25(8)31(37-33)16-29-23(6)21(4)19-35-29/h15-16,18-19,36-37H,9-14,17H2,1-8H3/p+2/b28-15-,29-16+. The molecule has 4 heteroatoms. The summed E-state index contributed by atoms with van der Waals surface area (Å²) in [5.74, 6) is 0. The van der Waals surface area contributed by atoms with E-state index in [2.05, 4.69) is 99.9 Å². The number of aromatic amines is 2. The molecule has 37 heavy (non-hydrogen) atoms. The van der Waals surface area contributed by atoms with E-state index in [4.69, 9.17) is 0 Å². The summed E-state index contributed by atoms with van der Waals surface area (Å²) in [5.41, 5.74) is 18.6. The molecule has 0 radical (unpaired) electrons. The minimum atomic E-state index is 0.910. The fourth-order valence-electron chi connectivity index (χ4n) is 5.41. The fraction of sp³-hybridized carbons (Fsp3) is 0.455. The van der Waals surface area contributed by atoms with Crippen molar-refractivity contribution in [2.75, 3.05) is 0 Å². The van der Waals surface area contributed by atoms with E-state index in [9.17, 15) is 0 Å². The van der Waals surface area contributed by atoms with Crippen LogP contribution in [0.5, 0.6) is 0 Å². The van der Waals surface area contributed by atoms with Gasteiger partial charge in [0.25, 0.3) is 0 Å². The molecule has 2 aliphatic heterocycles. The van der Waals surface area contributed by atoms with Gasteiger partial charge in [0, 0.05) is 63.6 Å². The Bertz CT molecular complexity index is 1260. The maximum atomic E-state index is 3.85. The molecule has 0 fully saturated rings. The number of hydrogen-bond donors (Lipinski definition) is 4. The van der Waals surface area contributed by atoms with Gasteiger partial charge >= 0.3 is 0 Å². The highest BCUT2D eigenvalue weighted by Crippen LogP contribution is 2.29. The Labute approximate surface area is 223 Å². The van der Waals surface area contributed by atoms with Crippen LogP contribution in [0.25, 0.3) is 12.2 Å². The fourth-order valence-corrected chi connectivity index (χ4v) is 5.41. The molecule has 2 aromatic heterocycles. The van der Waals surface area contributed by atoms with Crippen molar-refractivity contribution in [3.8, 4) is 0 Å². The number of allylic oxidation sites excluding steroid dienone is 4. The smallest absolute Gasteiger partial charge is 0.209 e. The average Bonchev–Trinajstić information content (AvgIpc) is 3.56. The van der Waals surface area contributed by atoms with E-state index in [1.807, 2.05) is 0 Å². The molecule has 0 saturated heterocycles. The normalized spacial score (nSPS) is 17.6. The summed E-state index contributed by atoms with van der Waals surface area (Å²) in [6, 6.07) is 0. The van der Waals surface area contributed by atoms with Crippen molar-refractivity contribution in [2.24, 2.45) is 0 Å². The highest BCUT2D eigenvalue weighted by molar-refractivity contribution is 5.80. The summed E-state index contributed by atoms with van der Waals surface area (Å²) in [5, 5.41) is 0. The second-order valence-electron chi connectivity index (χ2n) is 10.9. The van der Waals surface area contributed by atoms with Gasteiger partial charge in [0.15, 0.2) is 12.4 Å². The topological polar surface area (TPSA) is 59.5 Å². The van der Waals surface area contributed by atoms with Gasteiger partial charge in [0.2, 0.25) is 11.4 Å². The zero-order valence-electron chi connectivity index (χ0n) is 24.3. The molecule has 4 rings (SSSR count). The number of unbranched alkanes of at least 4 members (excludes halogenated alkanes) is 2. The third kappa shape index (κ3) is 5.58. The van der Waals surface area contributed by atoms with Crippen LogP contribution in [-0.4, -0.2) is 22.4 Å². The maximum Gasteiger partial charge on any atom is 0.209 e. The summed E-state index contributed by atoms with van der Waals surface area (Å²) in [6.45, 7) is 17.9. The van der Waals surface area contributed by atoms with Gasteiger partial charge in [-0.15, -0.1) is 0 Å². The lowest BCUT2D eigenvalue weighted by atomic mass is 9.97. The van der Waals surface area contributed by atoms with Crippen LogP contribution in [0.4, 0.5) is 0 Å². The summed E-state index contributed by atoms with van der Waals surface area (Å²) in [4.78, 5) is 14.6. The molecule has 0 unspecified atom stereocenters. The third-order valence-corrected chi connectivity index (χ3v) is 8.38. The molecular weight excluding hydrogens is 452 g/mol. The highest BCUT2D eigenvalue weighted by atomic mass is 14.8. The van der Waals surface area contributed by atoms with Crippen LogP contribution >= 0.6 is 0 Å². The molecule has 0 aliphatic carbocycles. The molecular formula is C33H46N4+2. The quantitative estimate of drug-likeness (QED) is 0.359. The third-order valence-electron chi connectivity index (χ3n) is 8.38. The molecule has 0 saturated carbocycles. The lowest BCUT2D eigenvalue weighted by Crippen LogP contribution is -2.64. The van der Waals surface area contributed by atoms with Gasteiger partial charge in [-0.2, -0.15) is 0 Å². The number of aromatic nitrogens is 2. The number of rotatable bonds is 10. The summed E-state index contributed by atoms with van der Waals surface area (Å²) in [6.07, 6.45) is 16.8. The van der Waals surface area contributed by atoms with Crippen LogP contribution in [0.3, 0.4) is 0 Å². The summed E-state index contributed by atoms with van der Waals surface area (Å²) >= 11 is 0. The Balaban J connectivity index is 1.75. The van der Waals surface area contributed by atoms with E-state index in [1.54, 1.807) is 0 Å². The molecule has 0 bridgehead atoms. The Morgan fingerprint density at radius 1 is 0.649 bits per heavy atom. The van der Waals surface area contributed by atoms with Gasteiger partial charge in [-0.1, -0.05) is 26.7 Å². The number of H-pyrrole nitrogens is 2. The first-order chi connectivity index (χ1) is 17.7. The zero-order valence-corrected chi connectivity index (χ0v) is 24.3. The van der Waals surface area contributed by atoms with Crippen LogP contribution < -0.4 is 9.98 Å². The van der Waals surface area contributed by atoms with Gasteiger partial charge in [-0.05, 0) is 89.5 Å². The van der Waals surface area contributed by atoms with Gasteiger partial charge in [-0.3, -0.25) is 0 Å². The van der Waals surface area contributed by atoms with E-state index in [0.717, 1.165) is 19.3 Å². The van der Waals surface area contributed by atoms with Crippen molar-refractivity contribution in [3.63, 3.8) is 0 Å². The second-order valence-corrected chi connectivity index (χ2v) is 10.9. The van der Waals surface area contributed by atoms with Crippen LogP contribution in [-0.2, 0) is 19.3 Å². The molecule has 0 amide bonds. The SMILES string of the molecule is CCCCc1c(Cc2[nH]c(/C=C3/[NH+]=CC(C)=C3C)c(C)c2CCCC)[nH]c(/C=C2\[NH+]=CC(C)=C2C)c1C. The van der Waals surface area contributed by atoms with Gasteiger partial charge in [0.05, 0.1) is 0 Å². The molecule has 4 heterocycles. The van der Waals surface area contributed by atoms with Crippen LogP contribution in [0.15, 0.2) is 33.7 Å². The summed E-state index contributed by atoms with van der Waals surface area (Å²) in [7, 11) is 0. The Morgan fingerprint density at radius 3 is 1.38 bits per heavy atom. The molecule has 0 aromatic carbocycles. The molecule has 0 atom stereocenters. The van der Waals surface area contributed by atoms with Crippen molar-refractivity contribution in [1.29, 1.82) is 0 Å². The van der Waals surface area contributed by atoms with E-state index in [0.29, 0.717) is 0 Å². The first-order valence-electron chi connectivity index (χ1n) is 14.1. The zero-order chi connectivity index (χ0) is 26.7. The van der Waals surface area contributed by atoms with E-state index in [1.165, 1.54) is 104 Å². The predicted octanol–water partition coefficient (Wildman–Crippen LogP) is 4.92. The van der Waals surface area contributed by atoms with E-state index >= 15 is 0 Å². The molecule has 4 nitrogen and oxygen atoms in total. The van der Waals surface area contributed by atoms with E-state index in [-0.39, 0.29) is 0 Å². The monoisotopic (exact) mass is 498 g/mol. The number of hydrogen-bond acceptors (Lipinski definition) is 0. The molecule has 2 aromatic rings. The Kier molecular flexibility index (Phi) is 8.36. The lowest BCUT2D eigenvalue weighted by Gasteiger charge is -2.08.